The fourth-order valence-corrected chi connectivity index (χ4v) is 0.249. The third-order valence-electron chi connectivity index (χ3n) is 0.426. The summed E-state index contributed by atoms with van der Waals surface area (Å²) in [7, 11) is 0. The molecule has 0 saturated heterocycles. The van der Waals surface area contributed by atoms with E-state index in [-0.39, 0.29) is 5.91 Å². The van der Waals surface area contributed by atoms with E-state index in [1.54, 1.807) is 0 Å². The largest absolute Gasteiger partial charge is 0.357 e. The van der Waals surface area contributed by atoms with Crippen LogP contribution in [0.4, 0.5) is 0 Å². The van der Waals surface area contributed by atoms with E-state index in [9.17, 15) is 4.79 Å². The van der Waals surface area contributed by atoms with Crippen LogP contribution in [-0.2, 0) is 4.79 Å². The van der Waals surface area contributed by atoms with Crippen LogP contribution in [0.15, 0.2) is 0 Å². The van der Waals surface area contributed by atoms with Crippen molar-refractivity contribution in [3.05, 3.63) is 0 Å². The van der Waals surface area contributed by atoms with Gasteiger partial charge in [-0.15, -0.1) is 0 Å². The molecule has 0 aromatic rings. The number of nitrogens with one attached hydrogen (secondary N) is 1. The van der Waals surface area contributed by atoms with E-state index >= 15 is 0 Å². The van der Waals surface area contributed by atoms with Crippen molar-refractivity contribution < 1.29 is 4.79 Å². The molecular formula is C6H15NO. The summed E-state index contributed by atoms with van der Waals surface area (Å²) in [5, 5.41) is 2.57. The molecule has 1 N–H and O–H groups in total. The summed E-state index contributed by atoms with van der Waals surface area (Å²) in [6.45, 7) is 8.13. The van der Waals surface area contributed by atoms with E-state index < -0.39 is 0 Å². The molecule has 0 saturated carbocycles. The topological polar surface area (TPSA) is 29.1 Å². The van der Waals surface area contributed by atoms with Gasteiger partial charge in [0.25, 0.3) is 0 Å². The van der Waals surface area contributed by atoms with E-state index in [0.29, 0.717) is 0 Å². The zero-order valence-electron chi connectivity index (χ0n) is 6.12. The van der Waals surface area contributed by atoms with Gasteiger partial charge in [0.15, 0.2) is 0 Å². The number of amides is 1. The summed E-state index contributed by atoms with van der Waals surface area (Å²) >= 11 is 0. The predicted molar refractivity (Wildman–Crippen MR) is 35.7 cm³/mol. The van der Waals surface area contributed by atoms with Crippen molar-refractivity contribution in [3.63, 3.8) is 0 Å². The van der Waals surface area contributed by atoms with Gasteiger partial charge in [0.05, 0.1) is 0 Å². The summed E-state index contributed by atoms with van der Waals surface area (Å²) in [6, 6.07) is 0. The van der Waals surface area contributed by atoms with Crippen LogP contribution in [0.2, 0.25) is 0 Å². The molecule has 2 heteroatoms. The lowest BCUT2D eigenvalue weighted by Crippen LogP contribution is -2.18. The first-order chi connectivity index (χ1) is 3.77. The minimum Gasteiger partial charge on any atom is -0.357 e. The van der Waals surface area contributed by atoms with Crippen LogP contribution < -0.4 is 5.32 Å². The maximum absolute atomic E-state index is 9.93. The number of rotatable bonds is 1. The van der Waals surface area contributed by atoms with Gasteiger partial charge in [-0.25, -0.2) is 0 Å². The molecule has 0 unspecified atom stereocenters. The van der Waals surface area contributed by atoms with Crippen molar-refractivity contribution in [2.75, 3.05) is 6.54 Å². The van der Waals surface area contributed by atoms with E-state index in [0.717, 1.165) is 6.54 Å². The average molecular weight is 117 g/mol. The smallest absolute Gasteiger partial charge is 0.216 e. The number of hydrogen-bond donors (Lipinski definition) is 1. The van der Waals surface area contributed by atoms with Crippen molar-refractivity contribution in [1.82, 2.24) is 5.32 Å². The molecule has 1 amide bonds. The van der Waals surface area contributed by atoms with Gasteiger partial charge >= 0.3 is 0 Å². The Morgan fingerprint density at radius 3 is 1.88 bits per heavy atom. The van der Waals surface area contributed by atoms with Crippen LogP contribution in [-0.4, -0.2) is 12.5 Å². The summed E-state index contributed by atoms with van der Waals surface area (Å²) < 4.78 is 0. The molecule has 0 aromatic carbocycles. The van der Waals surface area contributed by atoms with Crippen LogP contribution in [0.3, 0.4) is 0 Å². The molecule has 0 radical (unpaired) electrons. The molecular weight excluding hydrogens is 102 g/mol. The SMILES string of the molecule is CC.CCNC(C)=O. The van der Waals surface area contributed by atoms with Gasteiger partial charge in [-0.2, -0.15) is 0 Å². The zero-order chi connectivity index (χ0) is 6.99. The monoisotopic (exact) mass is 117 g/mol. The predicted octanol–water partition coefficient (Wildman–Crippen LogP) is 1.17. The molecule has 0 rings (SSSR count). The van der Waals surface area contributed by atoms with Crippen molar-refractivity contribution in [2.45, 2.75) is 27.7 Å². The highest BCUT2D eigenvalue weighted by molar-refractivity contribution is 5.72. The molecule has 0 heterocycles. The first-order valence-electron chi connectivity index (χ1n) is 3.01. The van der Waals surface area contributed by atoms with E-state index in [2.05, 4.69) is 5.32 Å². The Kier molecular flexibility index (Phi) is 12.7. The third-order valence-corrected chi connectivity index (χ3v) is 0.426. The molecule has 0 aliphatic carbocycles. The Morgan fingerprint density at radius 1 is 1.50 bits per heavy atom. The number of carbonyl (C=O) groups excluding carboxylic acids is 1. The highest BCUT2D eigenvalue weighted by Gasteiger charge is 1.78. The lowest BCUT2D eigenvalue weighted by Gasteiger charge is -1.88. The first-order valence-corrected chi connectivity index (χ1v) is 3.01. The Labute approximate surface area is 51.3 Å². The molecule has 0 bridgehead atoms. The molecule has 2 nitrogen and oxygen atoms in total. The van der Waals surface area contributed by atoms with Crippen molar-refractivity contribution in [2.24, 2.45) is 0 Å². The maximum atomic E-state index is 9.93. The quantitative estimate of drug-likeness (QED) is 0.548. The van der Waals surface area contributed by atoms with Crippen LogP contribution in [0, 0.1) is 0 Å². The van der Waals surface area contributed by atoms with Crippen LogP contribution >= 0.6 is 0 Å². The Bertz CT molecular complexity index is 52.5. The molecule has 0 fully saturated rings. The van der Waals surface area contributed by atoms with E-state index in [1.165, 1.54) is 6.92 Å². The molecule has 0 spiro atoms. The van der Waals surface area contributed by atoms with E-state index in [4.69, 9.17) is 0 Å². The van der Waals surface area contributed by atoms with Gasteiger partial charge in [-0.05, 0) is 6.92 Å². The second kappa shape index (κ2) is 9.69. The van der Waals surface area contributed by atoms with Gasteiger partial charge in [0.1, 0.15) is 0 Å². The highest BCUT2D eigenvalue weighted by atomic mass is 16.1. The third kappa shape index (κ3) is 17.9. The van der Waals surface area contributed by atoms with Gasteiger partial charge in [0.2, 0.25) is 5.91 Å². The van der Waals surface area contributed by atoms with Gasteiger partial charge in [0, 0.05) is 13.5 Å². The van der Waals surface area contributed by atoms with Crippen LogP contribution in [0.1, 0.15) is 27.7 Å². The highest BCUT2D eigenvalue weighted by Crippen LogP contribution is 1.54. The lowest BCUT2D eigenvalue weighted by molar-refractivity contribution is -0.118. The maximum Gasteiger partial charge on any atom is 0.216 e. The lowest BCUT2D eigenvalue weighted by atomic mass is 10.6. The molecule has 50 valence electrons. The van der Waals surface area contributed by atoms with E-state index in [1.807, 2.05) is 20.8 Å². The summed E-state index contributed by atoms with van der Waals surface area (Å²) in [5.74, 6) is 0.0394. The molecule has 0 atom stereocenters. The standard InChI is InChI=1S/C4H9NO.C2H6/c1-3-5-4(2)6;1-2/h3H2,1-2H3,(H,5,6);1-2H3. The van der Waals surface area contributed by atoms with Gasteiger partial charge in [-0.1, -0.05) is 13.8 Å². The van der Waals surface area contributed by atoms with Gasteiger partial charge in [-0.3, -0.25) is 4.79 Å². The fourth-order valence-electron chi connectivity index (χ4n) is 0.249. The van der Waals surface area contributed by atoms with Crippen molar-refractivity contribution in [1.29, 1.82) is 0 Å². The summed E-state index contributed by atoms with van der Waals surface area (Å²) in [5.41, 5.74) is 0. The summed E-state index contributed by atoms with van der Waals surface area (Å²) in [6.07, 6.45) is 0. The second-order valence-electron chi connectivity index (χ2n) is 1.09. The minimum absolute atomic E-state index is 0.0394. The number of hydrogen-bond acceptors (Lipinski definition) is 1. The second-order valence-corrected chi connectivity index (χ2v) is 1.09. The average Bonchev–Trinajstić information content (AvgIpc) is 1.72. The van der Waals surface area contributed by atoms with Crippen LogP contribution in [0.5, 0.6) is 0 Å². The first kappa shape index (κ1) is 10.5. The number of carbonyl (C=O) groups is 1. The minimum atomic E-state index is 0.0394. The normalized spacial score (nSPS) is 6.50. The molecule has 0 aliphatic heterocycles. The molecule has 0 aromatic heterocycles. The summed E-state index contributed by atoms with van der Waals surface area (Å²) in [4.78, 5) is 9.93. The Hall–Kier alpha value is -0.530. The van der Waals surface area contributed by atoms with Crippen molar-refractivity contribution in [3.8, 4) is 0 Å². The van der Waals surface area contributed by atoms with Crippen molar-refractivity contribution >= 4 is 5.91 Å². The fraction of sp³-hybridized carbons (Fsp3) is 0.833. The molecule has 8 heavy (non-hydrogen) atoms. The Balaban J connectivity index is 0. The Morgan fingerprint density at radius 2 is 1.88 bits per heavy atom. The molecule has 0 aliphatic rings. The van der Waals surface area contributed by atoms with Crippen LogP contribution in [0.25, 0.3) is 0 Å². The van der Waals surface area contributed by atoms with Gasteiger partial charge < -0.3 is 5.32 Å². The zero-order valence-corrected chi connectivity index (χ0v) is 6.12.